The Labute approximate surface area is 130 Å². The third-order valence-corrected chi connectivity index (χ3v) is 3.86. The molecule has 1 N–H and O–H groups in total. The van der Waals surface area contributed by atoms with E-state index in [1.807, 2.05) is 0 Å². The number of hydrogen-bond donors (Lipinski definition) is 1. The van der Waals surface area contributed by atoms with Crippen molar-refractivity contribution < 1.29 is 17.3 Å². The molecule has 0 radical (unpaired) electrons. The number of nitrogens with zero attached hydrogens (tertiary/aromatic N) is 4. The first-order valence-electron chi connectivity index (χ1n) is 6.58. The van der Waals surface area contributed by atoms with E-state index in [0.717, 1.165) is 10.8 Å². The maximum Gasteiger partial charge on any atom is 0.330 e. The zero-order chi connectivity index (χ0) is 17.2. The second kappa shape index (κ2) is 6.54. The van der Waals surface area contributed by atoms with Crippen LogP contribution in [0.1, 0.15) is 18.2 Å². The van der Waals surface area contributed by atoms with Crippen molar-refractivity contribution in [2.75, 3.05) is 12.8 Å². The van der Waals surface area contributed by atoms with Gasteiger partial charge in [-0.25, -0.2) is 4.79 Å². The number of H-pyrrole nitrogens is 1. The van der Waals surface area contributed by atoms with Crippen LogP contribution in [-0.4, -0.2) is 43.0 Å². The number of aryl methyl sites for hydroxylation is 1. The third kappa shape index (κ3) is 4.20. The molecular formula is C11H15N5O6S. The van der Waals surface area contributed by atoms with Gasteiger partial charge in [0.1, 0.15) is 12.3 Å². The number of rotatable bonds is 5. The van der Waals surface area contributed by atoms with E-state index < -0.39 is 39.8 Å². The maximum atomic E-state index is 11.9. The molecule has 1 fully saturated rings. The number of aromatic nitrogens is 2. The predicted molar refractivity (Wildman–Crippen MR) is 78.3 cm³/mol. The van der Waals surface area contributed by atoms with Crippen molar-refractivity contribution in [3.8, 4) is 0 Å². The molecule has 1 aromatic heterocycles. The van der Waals surface area contributed by atoms with Gasteiger partial charge in [0, 0.05) is 23.1 Å². The zero-order valence-corrected chi connectivity index (χ0v) is 13.2. The quantitative estimate of drug-likeness (QED) is 0.336. The fraction of sp³-hybridized carbons (Fsp3) is 0.636. The largest absolute Gasteiger partial charge is 0.352 e. The summed E-state index contributed by atoms with van der Waals surface area (Å²) in [6.45, 7) is 1.37. The molecule has 3 atom stereocenters. The molecule has 0 saturated carbocycles. The second-order valence-corrected chi connectivity index (χ2v) is 6.70. The van der Waals surface area contributed by atoms with E-state index >= 15 is 0 Å². The van der Waals surface area contributed by atoms with E-state index in [9.17, 15) is 18.0 Å². The normalized spacial score (nSPS) is 24.3. The van der Waals surface area contributed by atoms with E-state index in [2.05, 4.69) is 15.0 Å². The molecule has 1 aromatic rings. The Balaban J connectivity index is 2.32. The first-order chi connectivity index (χ1) is 10.7. The molecule has 1 aliphatic heterocycles. The molecule has 0 aliphatic carbocycles. The number of aromatic amines is 1. The lowest BCUT2D eigenvalue weighted by Gasteiger charge is -2.15. The van der Waals surface area contributed by atoms with Gasteiger partial charge in [0.25, 0.3) is 15.7 Å². The summed E-state index contributed by atoms with van der Waals surface area (Å²) in [5.74, 6) is 0. The van der Waals surface area contributed by atoms with E-state index in [4.69, 9.17) is 14.5 Å². The Kier molecular flexibility index (Phi) is 4.90. The van der Waals surface area contributed by atoms with Crippen LogP contribution >= 0.6 is 0 Å². The van der Waals surface area contributed by atoms with Crippen molar-refractivity contribution in [2.45, 2.75) is 31.8 Å². The molecule has 2 rings (SSSR count). The molecule has 0 unspecified atom stereocenters. The second-order valence-electron chi connectivity index (χ2n) is 5.10. The minimum Gasteiger partial charge on any atom is -0.352 e. The Morgan fingerprint density at radius 2 is 2.26 bits per heavy atom. The first-order valence-corrected chi connectivity index (χ1v) is 8.39. The summed E-state index contributed by atoms with van der Waals surface area (Å²) in [4.78, 5) is 28.0. The van der Waals surface area contributed by atoms with Crippen LogP contribution in [-0.2, 0) is 19.0 Å². The number of hydrogen-bond acceptors (Lipinski definition) is 7. The molecule has 11 nitrogen and oxygen atoms in total. The predicted octanol–water partition coefficient (Wildman–Crippen LogP) is -0.212. The van der Waals surface area contributed by atoms with E-state index in [-0.39, 0.29) is 13.0 Å². The van der Waals surface area contributed by atoms with Crippen LogP contribution in [0.4, 0.5) is 0 Å². The smallest absolute Gasteiger partial charge is 0.330 e. The Hall–Kier alpha value is -2.14. The molecule has 0 amide bonds. The van der Waals surface area contributed by atoms with Gasteiger partial charge in [-0.15, -0.1) is 0 Å². The Morgan fingerprint density at radius 3 is 2.87 bits per heavy atom. The molecule has 1 aliphatic rings. The Morgan fingerprint density at radius 1 is 1.57 bits per heavy atom. The summed E-state index contributed by atoms with van der Waals surface area (Å²) in [7, 11) is -3.76. The molecule has 2 heterocycles. The highest BCUT2D eigenvalue weighted by Crippen LogP contribution is 2.31. The average molecular weight is 345 g/mol. The van der Waals surface area contributed by atoms with Crippen LogP contribution in [0.15, 0.2) is 20.9 Å². The van der Waals surface area contributed by atoms with Crippen LogP contribution < -0.4 is 11.2 Å². The monoisotopic (exact) mass is 345 g/mol. The summed E-state index contributed by atoms with van der Waals surface area (Å²) in [6, 6.07) is 0. The fourth-order valence-electron chi connectivity index (χ4n) is 2.28. The molecular weight excluding hydrogens is 330 g/mol. The molecule has 0 spiro atoms. The maximum absolute atomic E-state index is 11.9. The summed E-state index contributed by atoms with van der Waals surface area (Å²) < 4.78 is 34.3. The molecule has 1 saturated heterocycles. The van der Waals surface area contributed by atoms with Crippen molar-refractivity contribution in [2.24, 2.45) is 5.11 Å². The van der Waals surface area contributed by atoms with Crippen molar-refractivity contribution >= 4 is 10.1 Å². The van der Waals surface area contributed by atoms with Crippen molar-refractivity contribution in [1.29, 1.82) is 0 Å². The number of ether oxygens (including phenoxy) is 1. The van der Waals surface area contributed by atoms with Gasteiger partial charge in [-0.3, -0.25) is 18.5 Å². The van der Waals surface area contributed by atoms with Gasteiger partial charge in [0.05, 0.1) is 18.9 Å². The summed E-state index contributed by atoms with van der Waals surface area (Å²) in [6.07, 6.45) is -0.321. The Bertz CT molecular complexity index is 852. The minimum absolute atomic E-state index is 0.0457. The molecule has 23 heavy (non-hydrogen) atoms. The van der Waals surface area contributed by atoms with Gasteiger partial charge < -0.3 is 4.74 Å². The topological polar surface area (TPSA) is 156 Å². The lowest BCUT2D eigenvalue weighted by molar-refractivity contribution is -0.0107. The SMILES string of the molecule is Cc1cn([C@H]2C[C@H](OS(C)(=O)=O)[C@@H](CN=[N+]=[N-])O2)c(=O)[nH]c1=O. The lowest BCUT2D eigenvalue weighted by atomic mass is 10.2. The van der Waals surface area contributed by atoms with Crippen molar-refractivity contribution in [3.05, 3.63) is 43.0 Å². The van der Waals surface area contributed by atoms with Gasteiger partial charge in [0.15, 0.2) is 0 Å². The molecule has 12 heteroatoms. The zero-order valence-electron chi connectivity index (χ0n) is 12.4. The van der Waals surface area contributed by atoms with Gasteiger partial charge in [-0.05, 0) is 12.5 Å². The highest BCUT2D eigenvalue weighted by molar-refractivity contribution is 7.86. The van der Waals surface area contributed by atoms with Gasteiger partial charge in [-0.2, -0.15) is 8.42 Å². The summed E-state index contributed by atoms with van der Waals surface area (Å²) in [5, 5.41) is 3.35. The highest BCUT2D eigenvalue weighted by atomic mass is 32.2. The minimum atomic E-state index is -3.76. The van der Waals surface area contributed by atoms with Crippen molar-refractivity contribution in [3.63, 3.8) is 0 Å². The average Bonchev–Trinajstić information content (AvgIpc) is 2.81. The first kappa shape index (κ1) is 17.2. The van der Waals surface area contributed by atoms with Crippen LogP contribution in [0.3, 0.4) is 0 Å². The third-order valence-electron chi connectivity index (χ3n) is 3.26. The number of azide groups is 1. The van der Waals surface area contributed by atoms with E-state index in [1.165, 1.54) is 13.1 Å². The molecule has 0 aromatic carbocycles. The highest BCUT2D eigenvalue weighted by Gasteiger charge is 2.39. The van der Waals surface area contributed by atoms with E-state index in [1.54, 1.807) is 0 Å². The van der Waals surface area contributed by atoms with Crippen LogP contribution in [0.2, 0.25) is 0 Å². The van der Waals surface area contributed by atoms with Crippen molar-refractivity contribution in [1.82, 2.24) is 9.55 Å². The van der Waals surface area contributed by atoms with Crippen LogP contribution in [0, 0.1) is 6.92 Å². The van der Waals surface area contributed by atoms with Crippen LogP contribution in [0.25, 0.3) is 10.4 Å². The summed E-state index contributed by atoms with van der Waals surface area (Å²) >= 11 is 0. The molecule has 0 bridgehead atoms. The van der Waals surface area contributed by atoms with Crippen LogP contribution in [0.5, 0.6) is 0 Å². The van der Waals surface area contributed by atoms with Gasteiger partial charge in [0.2, 0.25) is 0 Å². The standard InChI is InChI=1S/C11H15N5O6S/c1-6-5-16(11(18)14-10(6)17)9-3-7(22-23(2,19)20)8(21-9)4-13-15-12/h5,7-9H,3-4H2,1-2H3,(H,14,17,18)/t7-,8+,9+/m0/s1. The number of nitrogens with one attached hydrogen (secondary N) is 1. The fourth-order valence-corrected chi connectivity index (χ4v) is 2.93. The van der Waals surface area contributed by atoms with Gasteiger partial charge in [-0.1, -0.05) is 5.11 Å². The van der Waals surface area contributed by atoms with E-state index in [0.29, 0.717) is 5.56 Å². The summed E-state index contributed by atoms with van der Waals surface area (Å²) in [5.41, 5.74) is 7.48. The van der Waals surface area contributed by atoms with Gasteiger partial charge >= 0.3 is 5.69 Å². The molecule has 126 valence electrons. The lowest BCUT2D eigenvalue weighted by Crippen LogP contribution is -2.33.